The summed E-state index contributed by atoms with van der Waals surface area (Å²) >= 11 is 9.52. The molecule has 0 aliphatic heterocycles. The molecule has 2 aromatic carbocycles. The number of benzene rings is 2. The second-order valence-corrected chi connectivity index (χ2v) is 5.66. The Labute approximate surface area is 126 Å². The Bertz CT molecular complexity index is 601. The number of rotatable bonds is 3. The van der Waals surface area contributed by atoms with Crippen LogP contribution in [0.1, 0.15) is 22.7 Å². The van der Waals surface area contributed by atoms with Gasteiger partial charge < -0.3 is 10.5 Å². The maximum absolute atomic E-state index is 6.33. The van der Waals surface area contributed by atoms with E-state index in [1.165, 1.54) is 0 Å². The summed E-state index contributed by atoms with van der Waals surface area (Å²) in [6.45, 7) is 2.03. The molecule has 100 valence electrons. The molecule has 1 atom stereocenters. The van der Waals surface area contributed by atoms with E-state index >= 15 is 0 Å². The van der Waals surface area contributed by atoms with Crippen LogP contribution in [-0.4, -0.2) is 7.11 Å². The Kier molecular flexibility index (Phi) is 4.50. The highest BCUT2D eigenvalue weighted by Crippen LogP contribution is 2.31. The van der Waals surface area contributed by atoms with Gasteiger partial charge in [-0.1, -0.05) is 23.7 Å². The Balaban J connectivity index is 2.41. The van der Waals surface area contributed by atoms with Gasteiger partial charge in [0.1, 0.15) is 5.75 Å². The van der Waals surface area contributed by atoms with Crippen molar-refractivity contribution < 1.29 is 4.74 Å². The number of halogens is 2. The highest BCUT2D eigenvalue weighted by Gasteiger charge is 2.13. The molecule has 0 saturated carbocycles. The molecule has 0 aliphatic carbocycles. The van der Waals surface area contributed by atoms with Gasteiger partial charge in [0.2, 0.25) is 0 Å². The van der Waals surface area contributed by atoms with E-state index in [-0.39, 0.29) is 6.04 Å². The van der Waals surface area contributed by atoms with E-state index in [4.69, 9.17) is 22.1 Å². The molecule has 0 saturated heterocycles. The molecule has 2 aromatic rings. The number of hydrogen-bond donors (Lipinski definition) is 1. The first-order chi connectivity index (χ1) is 9.02. The molecular formula is C15H15BrClNO. The maximum atomic E-state index is 6.33. The van der Waals surface area contributed by atoms with Gasteiger partial charge in [-0.2, -0.15) is 0 Å². The first-order valence-corrected chi connectivity index (χ1v) is 7.05. The summed E-state index contributed by atoms with van der Waals surface area (Å²) in [5.74, 6) is 0.791. The highest BCUT2D eigenvalue weighted by molar-refractivity contribution is 9.10. The lowest BCUT2D eigenvalue weighted by Crippen LogP contribution is -2.13. The lowest BCUT2D eigenvalue weighted by Gasteiger charge is -2.16. The van der Waals surface area contributed by atoms with Crippen LogP contribution in [0, 0.1) is 6.92 Å². The van der Waals surface area contributed by atoms with Crippen molar-refractivity contribution in [2.45, 2.75) is 13.0 Å². The van der Waals surface area contributed by atoms with Gasteiger partial charge in [0.15, 0.2) is 0 Å². The van der Waals surface area contributed by atoms with Crippen LogP contribution >= 0.6 is 27.5 Å². The van der Waals surface area contributed by atoms with E-state index in [1.54, 1.807) is 7.11 Å². The molecule has 0 radical (unpaired) electrons. The third-order valence-electron chi connectivity index (χ3n) is 3.11. The zero-order valence-electron chi connectivity index (χ0n) is 10.8. The standard InChI is InChI=1S/C15H15BrClNO/c1-9-3-5-11(17)8-12(9)15(18)10-4-6-14(19-2)13(16)7-10/h3-8,15H,18H2,1-2H3. The monoisotopic (exact) mass is 339 g/mol. The van der Waals surface area contributed by atoms with Crippen molar-refractivity contribution in [3.05, 3.63) is 62.6 Å². The third-order valence-corrected chi connectivity index (χ3v) is 3.97. The average Bonchev–Trinajstić information content (AvgIpc) is 2.40. The minimum atomic E-state index is -0.207. The molecule has 0 bridgehead atoms. The van der Waals surface area contributed by atoms with Crippen LogP contribution in [-0.2, 0) is 0 Å². The minimum Gasteiger partial charge on any atom is -0.496 e. The van der Waals surface area contributed by atoms with Crippen molar-refractivity contribution in [1.82, 2.24) is 0 Å². The second kappa shape index (κ2) is 5.95. The van der Waals surface area contributed by atoms with Crippen molar-refractivity contribution in [3.8, 4) is 5.75 Å². The van der Waals surface area contributed by atoms with Gasteiger partial charge in [-0.3, -0.25) is 0 Å². The number of hydrogen-bond acceptors (Lipinski definition) is 2. The summed E-state index contributed by atoms with van der Waals surface area (Å²) in [5.41, 5.74) is 9.50. The summed E-state index contributed by atoms with van der Waals surface area (Å²) < 4.78 is 6.11. The third kappa shape index (κ3) is 3.11. The van der Waals surface area contributed by atoms with Crippen LogP contribution in [0.15, 0.2) is 40.9 Å². The van der Waals surface area contributed by atoms with Gasteiger partial charge in [-0.05, 0) is 63.8 Å². The van der Waals surface area contributed by atoms with E-state index in [9.17, 15) is 0 Å². The Morgan fingerprint density at radius 1 is 1.21 bits per heavy atom. The molecule has 2 rings (SSSR count). The maximum Gasteiger partial charge on any atom is 0.133 e. The van der Waals surface area contributed by atoms with Crippen molar-refractivity contribution in [2.24, 2.45) is 5.73 Å². The smallest absolute Gasteiger partial charge is 0.133 e. The van der Waals surface area contributed by atoms with E-state index < -0.39 is 0 Å². The molecule has 0 heterocycles. The molecule has 0 aliphatic rings. The largest absolute Gasteiger partial charge is 0.496 e. The van der Waals surface area contributed by atoms with E-state index in [1.807, 2.05) is 43.3 Å². The number of methoxy groups -OCH3 is 1. The summed E-state index contributed by atoms with van der Waals surface area (Å²) in [6.07, 6.45) is 0. The summed E-state index contributed by atoms with van der Waals surface area (Å²) in [6, 6.07) is 11.4. The molecule has 19 heavy (non-hydrogen) atoms. The summed E-state index contributed by atoms with van der Waals surface area (Å²) in [4.78, 5) is 0. The van der Waals surface area contributed by atoms with Crippen LogP contribution in [0.25, 0.3) is 0 Å². The SMILES string of the molecule is COc1ccc(C(N)c2cc(Cl)ccc2C)cc1Br. The van der Waals surface area contributed by atoms with Crippen molar-refractivity contribution in [3.63, 3.8) is 0 Å². The summed E-state index contributed by atoms with van der Waals surface area (Å²) in [7, 11) is 1.64. The highest BCUT2D eigenvalue weighted by atomic mass is 79.9. The first-order valence-electron chi connectivity index (χ1n) is 5.88. The number of nitrogens with two attached hydrogens (primary N) is 1. The molecule has 0 spiro atoms. The van der Waals surface area contributed by atoms with Crippen molar-refractivity contribution in [2.75, 3.05) is 7.11 Å². The van der Waals surface area contributed by atoms with Gasteiger partial charge in [0.25, 0.3) is 0 Å². The van der Waals surface area contributed by atoms with E-state index in [0.717, 1.165) is 26.9 Å². The van der Waals surface area contributed by atoms with Crippen LogP contribution in [0.3, 0.4) is 0 Å². The average molecular weight is 341 g/mol. The zero-order chi connectivity index (χ0) is 14.0. The Morgan fingerprint density at radius 3 is 2.58 bits per heavy atom. The second-order valence-electron chi connectivity index (χ2n) is 4.37. The molecule has 0 fully saturated rings. The number of ether oxygens (including phenoxy) is 1. The predicted octanol–water partition coefficient (Wildman–Crippen LogP) is 4.47. The van der Waals surface area contributed by atoms with E-state index in [2.05, 4.69) is 15.9 Å². The molecule has 2 nitrogen and oxygen atoms in total. The van der Waals surface area contributed by atoms with Crippen LogP contribution in [0.5, 0.6) is 5.75 Å². The van der Waals surface area contributed by atoms with Crippen LogP contribution < -0.4 is 10.5 Å². The fourth-order valence-electron chi connectivity index (χ4n) is 2.00. The first kappa shape index (κ1) is 14.4. The molecule has 2 N–H and O–H groups in total. The molecular weight excluding hydrogens is 326 g/mol. The molecule has 1 unspecified atom stereocenters. The van der Waals surface area contributed by atoms with Gasteiger partial charge in [0.05, 0.1) is 17.6 Å². The Hall–Kier alpha value is -1.03. The minimum absolute atomic E-state index is 0.207. The van der Waals surface area contributed by atoms with Gasteiger partial charge in [-0.15, -0.1) is 0 Å². The molecule has 0 aromatic heterocycles. The van der Waals surface area contributed by atoms with Crippen LogP contribution in [0.2, 0.25) is 5.02 Å². The predicted molar refractivity (Wildman–Crippen MR) is 82.9 cm³/mol. The number of aryl methyl sites for hydroxylation is 1. The molecule has 4 heteroatoms. The lowest BCUT2D eigenvalue weighted by atomic mass is 9.96. The topological polar surface area (TPSA) is 35.2 Å². The van der Waals surface area contributed by atoms with Gasteiger partial charge in [0, 0.05) is 5.02 Å². The quantitative estimate of drug-likeness (QED) is 0.895. The molecule has 0 amide bonds. The van der Waals surface area contributed by atoms with Gasteiger partial charge in [-0.25, -0.2) is 0 Å². The normalized spacial score (nSPS) is 12.3. The van der Waals surface area contributed by atoms with Gasteiger partial charge >= 0.3 is 0 Å². The lowest BCUT2D eigenvalue weighted by molar-refractivity contribution is 0.412. The zero-order valence-corrected chi connectivity index (χ0v) is 13.1. The van der Waals surface area contributed by atoms with Crippen molar-refractivity contribution in [1.29, 1.82) is 0 Å². The fraction of sp³-hybridized carbons (Fsp3) is 0.200. The summed E-state index contributed by atoms with van der Waals surface area (Å²) in [5, 5.41) is 0.698. The fourth-order valence-corrected chi connectivity index (χ4v) is 2.74. The van der Waals surface area contributed by atoms with Crippen molar-refractivity contribution >= 4 is 27.5 Å². The van der Waals surface area contributed by atoms with Crippen LogP contribution in [0.4, 0.5) is 0 Å². The van der Waals surface area contributed by atoms with E-state index in [0.29, 0.717) is 5.02 Å². The Morgan fingerprint density at radius 2 is 1.95 bits per heavy atom.